The summed E-state index contributed by atoms with van der Waals surface area (Å²) in [6.07, 6.45) is 0.801. The quantitative estimate of drug-likeness (QED) is 0.892. The van der Waals surface area contributed by atoms with Crippen LogP contribution in [0.2, 0.25) is 0 Å². The average Bonchev–Trinajstić information content (AvgIpc) is 2.91. The van der Waals surface area contributed by atoms with Crippen molar-refractivity contribution in [3.05, 3.63) is 47.4 Å². The van der Waals surface area contributed by atoms with Crippen LogP contribution in [0, 0.1) is 0 Å². The number of hydrogen-bond donors (Lipinski definition) is 2. The van der Waals surface area contributed by atoms with Gasteiger partial charge in [0.2, 0.25) is 12.1 Å². The summed E-state index contributed by atoms with van der Waals surface area (Å²) in [6.45, 7) is 2.27. The van der Waals surface area contributed by atoms with Crippen molar-refractivity contribution in [3.63, 3.8) is 0 Å². The smallest absolute Gasteiger partial charge is 0.237 e. The van der Waals surface area contributed by atoms with Crippen molar-refractivity contribution >= 4 is 0 Å². The summed E-state index contributed by atoms with van der Waals surface area (Å²) in [5.41, 5.74) is 0.905. The van der Waals surface area contributed by atoms with Crippen LogP contribution >= 0.6 is 0 Å². The molecule has 1 fully saturated rings. The number of ether oxygens (including phenoxy) is 3. The Bertz CT molecular complexity index is 527. The van der Waals surface area contributed by atoms with Crippen LogP contribution in [0.15, 0.2) is 41.9 Å². The number of aliphatic hydroxyl groups excluding tert-OH is 2. The summed E-state index contributed by atoms with van der Waals surface area (Å²) >= 11 is 0. The first-order valence-electron chi connectivity index (χ1n) is 7.31. The van der Waals surface area contributed by atoms with Crippen molar-refractivity contribution in [2.75, 3.05) is 6.61 Å². The maximum absolute atomic E-state index is 9.95. The van der Waals surface area contributed by atoms with Crippen LogP contribution in [0.4, 0.5) is 0 Å². The first kappa shape index (κ1) is 14.4. The minimum absolute atomic E-state index is 0.168. The minimum Gasteiger partial charge on any atom is -0.505 e. The predicted molar refractivity (Wildman–Crippen MR) is 75.2 cm³/mol. The fourth-order valence-electron chi connectivity index (χ4n) is 2.74. The van der Waals surface area contributed by atoms with Crippen molar-refractivity contribution in [1.82, 2.24) is 0 Å². The molecule has 5 nitrogen and oxygen atoms in total. The van der Waals surface area contributed by atoms with Crippen LogP contribution in [0.1, 0.15) is 31.7 Å². The summed E-state index contributed by atoms with van der Waals surface area (Å²) in [5.74, 6) is -0.923. The van der Waals surface area contributed by atoms with Gasteiger partial charge in [-0.3, -0.25) is 0 Å². The number of benzene rings is 1. The second-order valence-electron chi connectivity index (χ2n) is 5.37. The zero-order chi connectivity index (χ0) is 14.9. The average molecular weight is 292 g/mol. The van der Waals surface area contributed by atoms with Crippen LogP contribution in [0.25, 0.3) is 0 Å². The molecule has 21 heavy (non-hydrogen) atoms. The van der Waals surface area contributed by atoms with Gasteiger partial charge in [0, 0.05) is 12.0 Å². The maximum atomic E-state index is 9.95. The third-order valence-electron chi connectivity index (χ3n) is 3.86. The molecule has 1 aromatic carbocycles. The van der Waals surface area contributed by atoms with E-state index in [1.54, 1.807) is 0 Å². The number of unbranched alkanes of at least 4 members (excludes halogenated alkanes) is 1. The highest BCUT2D eigenvalue weighted by Crippen LogP contribution is 2.45. The largest absolute Gasteiger partial charge is 0.505 e. The summed E-state index contributed by atoms with van der Waals surface area (Å²) < 4.78 is 17.2. The van der Waals surface area contributed by atoms with Crippen LogP contribution < -0.4 is 0 Å². The van der Waals surface area contributed by atoms with Gasteiger partial charge in [-0.25, -0.2) is 0 Å². The normalized spacial score (nSPS) is 31.9. The van der Waals surface area contributed by atoms with Gasteiger partial charge < -0.3 is 24.4 Å². The SMILES string of the molecule is CCCCC1(c2ccccc2)OC2=C(O)C(O)OCC2O1. The standard InChI is InChI=1S/C16H20O5/c1-2-3-9-16(11-7-5-4-6-8-11)20-12-10-19-15(18)13(17)14(12)21-16/h4-8,12,15,17-18H,2-3,9-10H2,1H3. The molecule has 1 aromatic rings. The molecule has 0 amide bonds. The lowest BCUT2D eigenvalue weighted by Gasteiger charge is -2.28. The fraction of sp³-hybridized carbons (Fsp3) is 0.500. The Morgan fingerprint density at radius 3 is 2.76 bits per heavy atom. The van der Waals surface area contributed by atoms with Gasteiger partial charge in [0.15, 0.2) is 11.5 Å². The molecule has 0 radical (unpaired) electrons. The lowest BCUT2D eigenvalue weighted by molar-refractivity contribution is -0.188. The number of hydrogen-bond acceptors (Lipinski definition) is 5. The molecule has 2 N–H and O–H groups in total. The Kier molecular flexibility index (Phi) is 3.89. The third-order valence-corrected chi connectivity index (χ3v) is 3.86. The van der Waals surface area contributed by atoms with E-state index in [9.17, 15) is 10.2 Å². The van der Waals surface area contributed by atoms with Gasteiger partial charge in [-0.15, -0.1) is 0 Å². The Hall–Kier alpha value is -1.56. The van der Waals surface area contributed by atoms with Crippen molar-refractivity contribution in [2.24, 2.45) is 0 Å². The Morgan fingerprint density at radius 2 is 2.05 bits per heavy atom. The molecule has 5 heteroatoms. The zero-order valence-corrected chi connectivity index (χ0v) is 12.0. The van der Waals surface area contributed by atoms with E-state index < -0.39 is 18.2 Å². The highest BCUT2D eigenvalue weighted by atomic mass is 16.8. The van der Waals surface area contributed by atoms with Crippen molar-refractivity contribution in [3.8, 4) is 0 Å². The van der Waals surface area contributed by atoms with E-state index >= 15 is 0 Å². The van der Waals surface area contributed by atoms with E-state index in [2.05, 4.69) is 6.92 Å². The molecular formula is C16H20O5. The Labute approximate surface area is 123 Å². The number of rotatable bonds is 4. The van der Waals surface area contributed by atoms with Gasteiger partial charge in [0.05, 0.1) is 6.61 Å². The molecule has 0 aromatic heterocycles. The van der Waals surface area contributed by atoms with E-state index in [4.69, 9.17) is 14.2 Å². The molecule has 3 rings (SSSR count). The molecule has 0 bridgehead atoms. The molecule has 3 unspecified atom stereocenters. The summed E-state index contributed by atoms with van der Waals surface area (Å²) in [5, 5.41) is 19.5. The highest BCUT2D eigenvalue weighted by molar-refractivity contribution is 5.25. The van der Waals surface area contributed by atoms with Crippen LogP contribution in [0.3, 0.4) is 0 Å². The maximum Gasteiger partial charge on any atom is 0.237 e. The monoisotopic (exact) mass is 292 g/mol. The van der Waals surface area contributed by atoms with Gasteiger partial charge >= 0.3 is 0 Å². The number of aliphatic hydroxyl groups is 2. The summed E-state index contributed by atoms with van der Waals surface area (Å²) in [7, 11) is 0. The molecule has 2 heterocycles. The van der Waals surface area contributed by atoms with E-state index in [0.717, 1.165) is 18.4 Å². The van der Waals surface area contributed by atoms with Gasteiger partial charge in [0.25, 0.3) is 0 Å². The molecule has 1 saturated heterocycles. The Morgan fingerprint density at radius 1 is 1.29 bits per heavy atom. The molecule has 114 valence electrons. The molecule has 0 aliphatic carbocycles. The van der Waals surface area contributed by atoms with E-state index in [0.29, 0.717) is 6.42 Å². The van der Waals surface area contributed by atoms with Crippen molar-refractivity contribution in [1.29, 1.82) is 0 Å². The highest BCUT2D eigenvalue weighted by Gasteiger charge is 2.50. The van der Waals surface area contributed by atoms with Crippen LogP contribution in [-0.4, -0.2) is 29.2 Å². The first-order chi connectivity index (χ1) is 10.2. The Balaban J connectivity index is 1.96. The van der Waals surface area contributed by atoms with Crippen molar-refractivity contribution in [2.45, 2.75) is 44.4 Å². The van der Waals surface area contributed by atoms with Gasteiger partial charge in [-0.2, -0.15) is 0 Å². The third kappa shape index (κ3) is 2.52. The minimum atomic E-state index is -1.34. The van der Waals surface area contributed by atoms with Gasteiger partial charge in [0.1, 0.15) is 6.10 Å². The first-order valence-corrected chi connectivity index (χ1v) is 7.31. The number of fused-ring (bicyclic) bond motifs is 1. The van der Waals surface area contributed by atoms with Crippen LogP contribution in [-0.2, 0) is 20.0 Å². The molecule has 2 aliphatic heterocycles. The lowest BCUT2D eigenvalue weighted by atomic mass is 10.00. The zero-order valence-electron chi connectivity index (χ0n) is 12.0. The molecular weight excluding hydrogens is 272 g/mol. The van der Waals surface area contributed by atoms with Crippen molar-refractivity contribution < 1.29 is 24.4 Å². The van der Waals surface area contributed by atoms with E-state index in [1.807, 2.05) is 30.3 Å². The van der Waals surface area contributed by atoms with Crippen LogP contribution in [0.5, 0.6) is 0 Å². The predicted octanol–water partition coefficient (Wildman–Crippen LogP) is 2.56. The van der Waals surface area contributed by atoms with Gasteiger partial charge in [-0.05, 0) is 6.42 Å². The fourth-order valence-corrected chi connectivity index (χ4v) is 2.74. The molecule has 0 saturated carbocycles. The molecule has 2 aliphatic rings. The van der Waals surface area contributed by atoms with E-state index in [-0.39, 0.29) is 18.1 Å². The van der Waals surface area contributed by atoms with Gasteiger partial charge in [-0.1, -0.05) is 43.7 Å². The summed E-state index contributed by atoms with van der Waals surface area (Å²) in [6, 6.07) is 9.68. The second kappa shape index (κ2) is 5.67. The summed E-state index contributed by atoms with van der Waals surface area (Å²) in [4.78, 5) is 0. The molecule has 0 spiro atoms. The topological polar surface area (TPSA) is 68.2 Å². The molecule has 3 atom stereocenters. The second-order valence-corrected chi connectivity index (χ2v) is 5.37. The lowest BCUT2D eigenvalue weighted by Crippen LogP contribution is -2.32. The van der Waals surface area contributed by atoms with E-state index in [1.165, 1.54) is 0 Å².